The fourth-order valence-electron chi connectivity index (χ4n) is 1.61. The first-order valence-corrected chi connectivity index (χ1v) is 6.73. The van der Waals surface area contributed by atoms with Crippen LogP contribution in [0.2, 0.25) is 0 Å². The number of nitrogens with two attached hydrogens (primary N) is 1. The van der Waals surface area contributed by atoms with Crippen molar-refractivity contribution in [3.63, 3.8) is 0 Å². The van der Waals surface area contributed by atoms with Crippen molar-refractivity contribution in [3.8, 4) is 0 Å². The monoisotopic (exact) mass is 334 g/mol. The van der Waals surface area contributed by atoms with Crippen LogP contribution in [0.5, 0.6) is 0 Å². The molecule has 0 saturated heterocycles. The predicted octanol–water partition coefficient (Wildman–Crippen LogP) is 3.12. The normalized spacial score (nSPS) is 11.5. The highest BCUT2D eigenvalue weighted by Gasteiger charge is 2.13. The third-order valence-electron chi connectivity index (χ3n) is 2.64. The Morgan fingerprint density at radius 2 is 2.11 bits per heavy atom. The molecule has 1 aromatic rings. The molecule has 0 aliphatic rings. The molecule has 5 heteroatoms. The molecule has 0 aliphatic heterocycles. The lowest BCUT2D eigenvalue weighted by atomic mass is 10.1. The third-order valence-corrected chi connectivity index (χ3v) is 3.34. The van der Waals surface area contributed by atoms with Crippen LogP contribution in [-0.2, 0) is 0 Å². The van der Waals surface area contributed by atoms with Crippen molar-refractivity contribution >= 4 is 34.2 Å². The second kappa shape index (κ2) is 9.36. The number of unbranched alkanes of at least 4 members (excludes halogenated alkanes) is 1. The number of nitrogens with one attached hydrogen (secondary N) is 1. The Labute approximate surface area is 123 Å². The lowest BCUT2D eigenvalue weighted by Crippen LogP contribution is -2.40. The topological polar surface area (TPSA) is 55.1 Å². The van der Waals surface area contributed by atoms with Crippen molar-refractivity contribution in [2.45, 2.75) is 32.2 Å². The standard InChI is InChI=1S/C13H19BrN2O.ClH/c1-2-3-6-10(9-15)16-13(17)11-7-4-5-8-12(11)14;/h4-5,7-8,10H,2-3,6,9,15H2,1H3,(H,16,17);1H. The summed E-state index contributed by atoms with van der Waals surface area (Å²) >= 11 is 3.37. The molecule has 3 N–H and O–H groups in total. The number of hydrogen-bond acceptors (Lipinski definition) is 2. The molecule has 0 aliphatic carbocycles. The van der Waals surface area contributed by atoms with E-state index in [4.69, 9.17) is 5.73 Å². The van der Waals surface area contributed by atoms with Crippen LogP contribution in [0.1, 0.15) is 36.5 Å². The number of carbonyl (C=O) groups is 1. The molecule has 102 valence electrons. The maximum atomic E-state index is 12.0. The summed E-state index contributed by atoms with van der Waals surface area (Å²) in [6, 6.07) is 7.46. The van der Waals surface area contributed by atoms with E-state index in [-0.39, 0.29) is 24.4 Å². The average Bonchev–Trinajstić information content (AvgIpc) is 2.34. The molecule has 1 unspecified atom stereocenters. The van der Waals surface area contributed by atoms with E-state index in [9.17, 15) is 4.79 Å². The van der Waals surface area contributed by atoms with Crippen molar-refractivity contribution in [2.24, 2.45) is 5.73 Å². The van der Waals surface area contributed by atoms with E-state index in [2.05, 4.69) is 28.2 Å². The summed E-state index contributed by atoms with van der Waals surface area (Å²) < 4.78 is 0.809. The largest absolute Gasteiger partial charge is 0.348 e. The Morgan fingerprint density at radius 1 is 1.44 bits per heavy atom. The summed E-state index contributed by atoms with van der Waals surface area (Å²) in [6.07, 6.45) is 3.13. The van der Waals surface area contributed by atoms with Crippen LogP contribution in [-0.4, -0.2) is 18.5 Å². The molecule has 0 saturated carbocycles. The van der Waals surface area contributed by atoms with Crippen molar-refractivity contribution in [1.82, 2.24) is 5.32 Å². The quantitative estimate of drug-likeness (QED) is 0.839. The number of carbonyl (C=O) groups excluding carboxylic acids is 1. The van der Waals surface area contributed by atoms with Crippen LogP contribution in [0.25, 0.3) is 0 Å². The highest BCUT2D eigenvalue weighted by atomic mass is 79.9. The number of benzene rings is 1. The minimum absolute atomic E-state index is 0. The van der Waals surface area contributed by atoms with Gasteiger partial charge in [0.25, 0.3) is 5.91 Å². The molecular formula is C13H20BrClN2O. The van der Waals surface area contributed by atoms with Crippen molar-refractivity contribution in [2.75, 3.05) is 6.54 Å². The first-order valence-electron chi connectivity index (χ1n) is 5.94. The Morgan fingerprint density at radius 3 is 2.67 bits per heavy atom. The van der Waals surface area contributed by atoms with Gasteiger partial charge in [0.1, 0.15) is 0 Å². The Bertz CT molecular complexity index is 374. The van der Waals surface area contributed by atoms with Gasteiger partial charge in [-0.05, 0) is 34.5 Å². The molecule has 0 aromatic heterocycles. The predicted molar refractivity (Wildman–Crippen MR) is 81.2 cm³/mol. The van der Waals surface area contributed by atoms with Gasteiger partial charge in [-0.1, -0.05) is 31.9 Å². The Balaban J connectivity index is 0.00000289. The molecule has 1 rings (SSSR count). The van der Waals surface area contributed by atoms with Gasteiger partial charge in [-0.2, -0.15) is 0 Å². The van der Waals surface area contributed by atoms with Crippen LogP contribution in [0.4, 0.5) is 0 Å². The Kier molecular flexibility index (Phi) is 9.06. The summed E-state index contributed by atoms with van der Waals surface area (Å²) in [6.45, 7) is 2.61. The zero-order chi connectivity index (χ0) is 12.7. The minimum Gasteiger partial charge on any atom is -0.348 e. The average molecular weight is 336 g/mol. The number of rotatable bonds is 6. The smallest absolute Gasteiger partial charge is 0.252 e. The van der Waals surface area contributed by atoms with Crippen molar-refractivity contribution in [3.05, 3.63) is 34.3 Å². The molecule has 3 nitrogen and oxygen atoms in total. The lowest BCUT2D eigenvalue weighted by molar-refractivity contribution is 0.0935. The molecule has 0 radical (unpaired) electrons. The van der Waals surface area contributed by atoms with Crippen LogP contribution in [0.3, 0.4) is 0 Å². The summed E-state index contributed by atoms with van der Waals surface area (Å²) in [5.41, 5.74) is 6.31. The molecular weight excluding hydrogens is 316 g/mol. The summed E-state index contributed by atoms with van der Waals surface area (Å²) in [5.74, 6) is -0.0657. The van der Waals surface area contributed by atoms with Gasteiger partial charge in [-0.15, -0.1) is 12.4 Å². The highest BCUT2D eigenvalue weighted by molar-refractivity contribution is 9.10. The molecule has 0 heterocycles. The van der Waals surface area contributed by atoms with E-state index in [0.29, 0.717) is 12.1 Å². The summed E-state index contributed by atoms with van der Waals surface area (Å²) in [7, 11) is 0. The summed E-state index contributed by atoms with van der Waals surface area (Å²) in [5, 5.41) is 2.96. The van der Waals surface area contributed by atoms with Gasteiger partial charge in [0, 0.05) is 17.1 Å². The second-order valence-corrected chi connectivity index (χ2v) is 4.88. The molecule has 1 aromatic carbocycles. The maximum absolute atomic E-state index is 12.0. The number of amides is 1. The van der Waals surface area contributed by atoms with Crippen molar-refractivity contribution in [1.29, 1.82) is 0 Å². The molecule has 1 atom stereocenters. The SMILES string of the molecule is CCCCC(CN)NC(=O)c1ccccc1Br.Cl. The fourth-order valence-corrected chi connectivity index (χ4v) is 2.07. The van der Waals surface area contributed by atoms with E-state index in [0.717, 1.165) is 23.7 Å². The molecule has 0 spiro atoms. The van der Waals surface area contributed by atoms with Gasteiger partial charge in [0.2, 0.25) is 0 Å². The zero-order valence-corrected chi connectivity index (χ0v) is 12.9. The van der Waals surface area contributed by atoms with Gasteiger partial charge < -0.3 is 11.1 Å². The van der Waals surface area contributed by atoms with Crippen LogP contribution < -0.4 is 11.1 Å². The second-order valence-electron chi connectivity index (χ2n) is 4.03. The lowest BCUT2D eigenvalue weighted by Gasteiger charge is -2.16. The van der Waals surface area contributed by atoms with E-state index >= 15 is 0 Å². The Hall–Kier alpha value is -0.580. The van der Waals surface area contributed by atoms with E-state index in [1.54, 1.807) is 6.07 Å². The van der Waals surface area contributed by atoms with Crippen LogP contribution in [0, 0.1) is 0 Å². The van der Waals surface area contributed by atoms with Crippen molar-refractivity contribution < 1.29 is 4.79 Å². The number of hydrogen-bond donors (Lipinski definition) is 2. The third kappa shape index (κ3) is 5.38. The van der Waals surface area contributed by atoms with Crippen LogP contribution in [0.15, 0.2) is 28.7 Å². The van der Waals surface area contributed by atoms with E-state index in [1.807, 2.05) is 18.2 Å². The summed E-state index contributed by atoms with van der Waals surface area (Å²) in [4.78, 5) is 12.0. The fraction of sp³-hybridized carbons (Fsp3) is 0.462. The van der Waals surface area contributed by atoms with Gasteiger partial charge in [-0.3, -0.25) is 4.79 Å². The number of halogens is 2. The molecule has 18 heavy (non-hydrogen) atoms. The first kappa shape index (κ1) is 17.4. The van der Waals surface area contributed by atoms with E-state index < -0.39 is 0 Å². The molecule has 0 bridgehead atoms. The molecule has 0 fully saturated rings. The minimum atomic E-state index is -0.0657. The van der Waals surface area contributed by atoms with Gasteiger partial charge in [-0.25, -0.2) is 0 Å². The van der Waals surface area contributed by atoms with Crippen LogP contribution >= 0.6 is 28.3 Å². The van der Waals surface area contributed by atoms with Gasteiger partial charge in [0.15, 0.2) is 0 Å². The maximum Gasteiger partial charge on any atom is 0.252 e. The van der Waals surface area contributed by atoms with Gasteiger partial charge >= 0.3 is 0 Å². The first-order chi connectivity index (χ1) is 8.19. The van der Waals surface area contributed by atoms with Gasteiger partial charge in [0.05, 0.1) is 5.56 Å². The van der Waals surface area contributed by atoms with E-state index in [1.165, 1.54) is 0 Å². The zero-order valence-electron chi connectivity index (χ0n) is 10.5. The highest BCUT2D eigenvalue weighted by Crippen LogP contribution is 2.15. The molecule has 1 amide bonds.